The van der Waals surface area contributed by atoms with Gasteiger partial charge in [-0.25, -0.2) is 4.79 Å². The predicted octanol–water partition coefficient (Wildman–Crippen LogP) is 4.14. The number of imidazole rings is 1. The van der Waals surface area contributed by atoms with Crippen LogP contribution in [0.25, 0.3) is 5.69 Å². The van der Waals surface area contributed by atoms with Crippen molar-refractivity contribution < 1.29 is 23.9 Å². The molecule has 1 aromatic heterocycles. The maximum absolute atomic E-state index is 13.4. The van der Waals surface area contributed by atoms with E-state index in [0.29, 0.717) is 17.2 Å². The number of rotatable bonds is 7. The molecule has 0 fully saturated rings. The van der Waals surface area contributed by atoms with Crippen LogP contribution < -0.4 is 10.2 Å². The molecule has 0 saturated heterocycles. The molecule has 35 heavy (non-hydrogen) atoms. The van der Waals surface area contributed by atoms with E-state index in [-0.39, 0.29) is 11.5 Å². The minimum atomic E-state index is -1.23. The van der Waals surface area contributed by atoms with Crippen molar-refractivity contribution in [3.05, 3.63) is 71.9 Å². The minimum absolute atomic E-state index is 0.00936. The van der Waals surface area contributed by atoms with Crippen LogP contribution in [0.5, 0.6) is 0 Å². The number of benzene rings is 2. The SMILES string of the molecule is CC(=O)OC(C(=O)Nc1nc(N(C)C)n(-c2ccccc2)c1C(=O)OC(C)(C)C)c1ccccc1. The van der Waals surface area contributed by atoms with Crippen molar-refractivity contribution in [1.82, 2.24) is 9.55 Å². The molecule has 0 aliphatic carbocycles. The fraction of sp³-hybridized carbons (Fsp3) is 0.308. The molecule has 1 amide bonds. The molecule has 9 heteroatoms. The number of hydrogen-bond donors (Lipinski definition) is 1. The van der Waals surface area contributed by atoms with Gasteiger partial charge in [0.25, 0.3) is 5.91 Å². The second-order valence-electron chi connectivity index (χ2n) is 9.07. The average Bonchev–Trinajstić information content (AvgIpc) is 3.17. The summed E-state index contributed by atoms with van der Waals surface area (Å²) >= 11 is 0. The summed E-state index contributed by atoms with van der Waals surface area (Å²) in [5.74, 6) is -1.55. The van der Waals surface area contributed by atoms with Gasteiger partial charge in [0.1, 0.15) is 5.60 Å². The largest absolute Gasteiger partial charge is 0.455 e. The van der Waals surface area contributed by atoms with E-state index >= 15 is 0 Å². The van der Waals surface area contributed by atoms with Crippen LogP contribution in [-0.2, 0) is 19.1 Å². The van der Waals surface area contributed by atoms with Crippen molar-refractivity contribution in [3.63, 3.8) is 0 Å². The smallest absolute Gasteiger partial charge is 0.359 e. The fourth-order valence-corrected chi connectivity index (χ4v) is 3.38. The Morgan fingerprint density at radius 1 is 0.971 bits per heavy atom. The highest BCUT2D eigenvalue weighted by Crippen LogP contribution is 2.30. The molecule has 184 valence electrons. The van der Waals surface area contributed by atoms with Crippen LogP contribution in [0, 0.1) is 0 Å². The normalized spacial score (nSPS) is 11.9. The molecule has 1 N–H and O–H groups in total. The number of esters is 2. The molecule has 0 saturated carbocycles. The summed E-state index contributed by atoms with van der Waals surface area (Å²) in [4.78, 5) is 44.7. The first kappa shape index (κ1) is 25.5. The quantitative estimate of drug-likeness (QED) is 0.509. The number of carbonyl (C=O) groups is 3. The van der Waals surface area contributed by atoms with Crippen LogP contribution in [0.1, 0.15) is 49.9 Å². The first-order chi connectivity index (χ1) is 16.5. The van der Waals surface area contributed by atoms with E-state index in [4.69, 9.17) is 9.47 Å². The Hall–Kier alpha value is -4.14. The second-order valence-corrected chi connectivity index (χ2v) is 9.07. The third-order valence-corrected chi connectivity index (χ3v) is 4.73. The Labute approximate surface area is 204 Å². The van der Waals surface area contributed by atoms with E-state index in [2.05, 4.69) is 10.3 Å². The van der Waals surface area contributed by atoms with Gasteiger partial charge >= 0.3 is 11.9 Å². The number of nitrogens with one attached hydrogen (secondary N) is 1. The Bertz CT molecular complexity index is 1200. The zero-order valence-corrected chi connectivity index (χ0v) is 20.7. The van der Waals surface area contributed by atoms with E-state index in [1.54, 1.807) is 74.7 Å². The van der Waals surface area contributed by atoms with Gasteiger partial charge in [-0.15, -0.1) is 0 Å². The van der Waals surface area contributed by atoms with Gasteiger partial charge in [0.05, 0.1) is 0 Å². The average molecular weight is 479 g/mol. The maximum Gasteiger partial charge on any atom is 0.359 e. The van der Waals surface area contributed by atoms with Crippen molar-refractivity contribution in [2.24, 2.45) is 0 Å². The molecule has 1 atom stereocenters. The molecule has 0 aliphatic heterocycles. The Morgan fingerprint density at radius 3 is 2.06 bits per heavy atom. The van der Waals surface area contributed by atoms with E-state index < -0.39 is 29.6 Å². The standard InChI is InChI=1S/C26H30N4O5/c1-17(31)34-21(18-13-9-7-10-14-18)23(32)27-22-20(24(33)35-26(2,3)4)30(25(28-22)29(5)6)19-15-11-8-12-16-19/h7-16,21H,1-6H3,(H,27,32). The van der Waals surface area contributed by atoms with Gasteiger partial charge in [-0.3, -0.25) is 14.2 Å². The van der Waals surface area contributed by atoms with Crippen molar-refractivity contribution in [3.8, 4) is 5.69 Å². The predicted molar refractivity (Wildman–Crippen MR) is 133 cm³/mol. The van der Waals surface area contributed by atoms with E-state index in [0.717, 1.165) is 0 Å². The van der Waals surface area contributed by atoms with Gasteiger partial charge < -0.3 is 19.7 Å². The summed E-state index contributed by atoms with van der Waals surface area (Å²) < 4.78 is 12.6. The molecule has 0 radical (unpaired) electrons. The number of nitrogens with zero attached hydrogens (tertiary/aromatic N) is 3. The summed E-state index contributed by atoms with van der Waals surface area (Å²) in [6, 6.07) is 17.8. The molecule has 3 rings (SSSR count). The fourth-order valence-electron chi connectivity index (χ4n) is 3.38. The zero-order valence-electron chi connectivity index (χ0n) is 20.7. The van der Waals surface area contributed by atoms with Crippen molar-refractivity contribution in [1.29, 1.82) is 0 Å². The second kappa shape index (κ2) is 10.4. The number of para-hydroxylation sites is 1. The number of ether oxygens (including phenoxy) is 2. The Morgan fingerprint density at radius 2 is 1.54 bits per heavy atom. The lowest BCUT2D eigenvalue weighted by Crippen LogP contribution is -2.28. The van der Waals surface area contributed by atoms with Crippen molar-refractivity contribution >= 4 is 29.6 Å². The molecule has 0 aliphatic rings. The highest BCUT2D eigenvalue weighted by Gasteiger charge is 2.32. The Kier molecular flexibility index (Phi) is 7.58. The van der Waals surface area contributed by atoms with Crippen LogP contribution in [0.4, 0.5) is 11.8 Å². The number of carbonyl (C=O) groups excluding carboxylic acids is 3. The van der Waals surface area contributed by atoms with Gasteiger partial charge in [-0.2, -0.15) is 4.98 Å². The van der Waals surface area contributed by atoms with E-state index in [1.807, 2.05) is 30.3 Å². The van der Waals surface area contributed by atoms with Crippen LogP contribution in [0.15, 0.2) is 60.7 Å². The van der Waals surface area contributed by atoms with Crippen LogP contribution in [-0.4, -0.2) is 47.1 Å². The summed E-state index contributed by atoms with van der Waals surface area (Å²) in [5.41, 5.74) is 0.393. The topological polar surface area (TPSA) is 103 Å². The third kappa shape index (κ3) is 6.26. The van der Waals surface area contributed by atoms with E-state index in [1.165, 1.54) is 6.92 Å². The molecular weight excluding hydrogens is 448 g/mol. The van der Waals surface area contributed by atoms with Crippen LogP contribution >= 0.6 is 0 Å². The molecule has 3 aromatic rings. The van der Waals surface area contributed by atoms with Gasteiger partial charge in [-0.05, 0) is 32.9 Å². The lowest BCUT2D eigenvalue weighted by molar-refractivity contribution is -0.152. The first-order valence-corrected chi connectivity index (χ1v) is 11.1. The summed E-state index contributed by atoms with van der Waals surface area (Å²) in [6.45, 7) is 6.49. The number of hydrogen-bond acceptors (Lipinski definition) is 7. The van der Waals surface area contributed by atoms with Gasteiger partial charge in [-0.1, -0.05) is 48.5 Å². The maximum atomic E-state index is 13.4. The molecule has 0 spiro atoms. The van der Waals surface area contributed by atoms with Crippen molar-refractivity contribution in [2.45, 2.75) is 39.4 Å². The third-order valence-electron chi connectivity index (χ3n) is 4.73. The summed E-state index contributed by atoms with van der Waals surface area (Å²) in [6.07, 6.45) is -1.23. The molecule has 9 nitrogen and oxygen atoms in total. The minimum Gasteiger partial charge on any atom is -0.455 e. The number of amides is 1. The molecule has 2 aromatic carbocycles. The van der Waals surface area contributed by atoms with Crippen LogP contribution in [0.2, 0.25) is 0 Å². The molecule has 0 bridgehead atoms. The summed E-state index contributed by atoms with van der Waals surface area (Å²) in [7, 11) is 3.55. The molecule has 1 heterocycles. The van der Waals surface area contributed by atoms with Gasteiger partial charge in [0.2, 0.25) is 12.1 Å². The van der Waals surface area contributed by atoms with Gasteiger partial charge in [0.15, 0.2) is 11.5 Å². The molecule has 1 unspecified atom stereocenters. The van der Waals surface area contributed by atoms with Gasteiger partial charge in [0, 0.05) is 32.3 Å². The lowest BCUT2D eigenvalue weighted by Gasteiger charge is -2.22. The lowest BCUT2D eigenvalue weighted by atomic mass is 10.1. The number of anilines is 2. The van der Waals surface area contributed by atoms with Crippen molar-refractivity contribution in [2.75, 3.05) is 24.3 Å². The molecular formula is C26H30N4O5. The first-order valence-electron chi connectivity index (χ1n) is 11.1. The highest BCUT2D eigenvalue weighted by atomic mass is 16.6. The summed E-state index contributed by atoms with van der Waals surface area (Å²) in [5, 5.41) is 2.69. The van der Waals surface area contributed by atoms with E-state index in [9.17, 15) is 14.4 Å². The monoisotopic (exact) mass is 478 g/mol. The Balaban J connectivity index is 2.13. The zero-order chi connectivity index (χ0) is 25.8. The van der Waals surface area contributed by atoms with Crippen LogP contribution in [0.3, 0.4) is 0 Å². The highest BCUT2D eigenvalue weighted by molar-refractivity contribution is 6.02. The number of aromatic nitrogens is 2.